The van der Waals surface area contributed by atoms with Crippen molar-refractivity contribution in [3.63, 3.8) is 0 Å². The van der Waals surface area contributed by atoms with E-state index in [0.29, 0.717) is 10.6 Å². The number of nitrogens with one attached hydrogen (secondary N) is 1. The van der Waals surface area contributed by atoms with Crippen molar-refractivity contribution in [1.82, 2.24) is 4.90 Å². The standard InChI is InChI=1S/C20H14Cl4N2O5/c1-8-3-4-9(2)10(5-8)25-11(27)7-31-12(28)6-26-19(29)13-14(20(26)30)16(22)18(24)17(23)15(13)21/h3-5H,6-7H2,1-2H3,(H,25,27). The molecule has 0 aromatic heterocycles. The lowest BCUT2D eigenvalue weighted by Gasteiger charge is -2.13. The molecule has 3 amide bonds. The predicted octanol–water partition coefficient (Wildman–Crippen LogP) is 4.69. The van der Waals surface area contributed by atoms with E-state index in [1.807, 2.05) is 26.0 Å². The molecule has 11 heteroatoms. The normalized spacial score (nSPS) is 12.8. The summed E-state index contributed by atoms with van der Waals surface area (Å²) >= 11 is 24.0. The number of carbonyl (C=O) groups is 4. The Kier molecular flexibility index (Phi) is 6.81. The zero-order chi connectivity index (χ0) is 23.0. The molecule has 0 bridgehead atoms. The number of imide groups is 1. The van der Waals surface area contributed by atoms with Crippen molar-refractivity contribution in [2.45, 2.75) is 13.8 Å². The highest BCUT2D eigenvalue weighted by atomic mass is 35.5. The number of benzene rings is 2. The fourth-order valence-electron chi connectivity index (χ4n) is 2.92. The molecular formula is C20H14Cl4N2O5. The smallest absolute Gasteiger partial charge is 0.326 e. The molecule has 0 saturated heterocycles. The van der Waals surface area contributed by atoms with Crippen molar-refractivity contribution >= 4 is 75.8 Å². The third-order valence-corrected chi connectivity index (χ3v) is 6.31. The second kappa shape index (κ2) is 9.04. The van der Waals surface area contributed by atoms with Crippen molar-refractivity contribution in [2.75, 3.05) is 18.5 Å². The molecule has 31 heavy (non-hydrogen) atoms. The molecule has 7 nitrogen and oxygen atoms in total. The van der Waals surface area contributed by atoms with Gasteiger partial charge in [0.05, 0.1) is 31.2 Å². The summed E-state index contributed by atoms with van der Waals surface area (Å²) in [6.07, 6.45) is 0. The van der Waals surface area contributed by atoms with Crippen LogP contribution in [0.5, 0.6) is 0 Å². The molecular weight excluding hydrogens is 490 g/mol. The van der Waals surface area contributed by atoms with Crippen LogP contribution in [0.3, 0.4) is 0 Å². The maximum Gasteiger partial charge on any atom is 0.326 e. The van der Waals surface area contributed by atoms with Gasteiger partial charge in [0, 0.05) is 5.69 Å². The molecule has 0 spiro atoms. The molecule has 1 aliphatic rings. The van der Waals surface area contributed by atoms with E-state index in [2.05, 4.69) is 5.32 Å². The third-order valence-electron chi connectivity index (χ3n) is 4.50. The third kappa shape index (κ3) is 4.50. The van der Waals surface area contributed by atoms with Gasteiger partial charge in [-0.1, -0.05) is 58.5 Å². The highest BCUT2D eigenvalue weighted by molar-refractivity contribution is 6.55. The van der Waals surface area contributed by atoms with Crippen LogP contribution in [-0.2, 0) is 14.3 Å². The number of aryl methyl sites for hydroxylation is 2. The Morgan fingerprint density at radius 3 is 2.03 bits per heavy atom. The molecule has 1 N–H and O–H groups in total. The maximum atomic E-state index is 12.6. The highest BCUT2D eigenvalue weighted by Gasteiger charge is 2.42. The number of hydrogen-bond donors (Lipinski definition) is 1. The first kappa shape index (κ1) is 23.3. The van der Waals surface area contributed by atoms with E-state index in [9.17, 15) is 19.2 Å². The average Bonchev–Trinajstić information content (AvgIpc) is 2.96. The van der Waals surface area contributed by atoms with Crippen molar-refractivity contribution < 1.29 is 23.9 Å². The number of anilines is 1. The van der Waals surface area contributed by atoms with E-state index >= 15 is 0 Å². The van der Waals surface area contributed by atoms with Crippen LogP contribution in [0, 0.1) is 13.8 Å². The largest absolute Gasteiger partial charge is 0.454 e. The van der Waals surface area contributed by atoms with Gasteiger partial charge < -0.3 is 10.1 Å². The first-order valence-corrected chi connectivity index (χ1v) is 10.3. The first-order chi connectivity index (χ1) is 14.5. The SMILES string of the molecule is Cc1ccc(C)c(NC(=O)COC(=O)CN2C(=O)c3c(Cl)c(Cl)c(Cl)c(Cl)c3C2=O)c1. The lowest BCUT2D eigenvalue weighted by molar-refractivity contribution is -0.147. The molecule has 0 atom stereocenters. The molecule has 0 aliphatic carbocycles. The van der Waals surface area contributed by atoms with Gasteiger partial charge in [0.15, 0.2) is 6.61 Å². The second-order valence-electron chi connectivity index (χ2n) is 6.73. The summed E-state index contributed by atoms with van der Waals surface area (Å²) < 4.78 is 4.90. The molecule has 1 heterocycles. The quantitative estimate of drug-likeness (QED) is 0.276. The minimum atomic E-state index is -0.977. The highest BCUT2D eigenvalue weighted by Crippen LogP contribution is 2.44. The van der Waals surface area contributed by atoms with Gasteiger partial charge in [-0.2, -0.15) is 0 Å². The Bertz CT molecular complexity index is 1100. The summed E-state index contributed by atoms with van der Waals surface area (Å²) in [5.74, 6) is -3.30. The van der Waals surface area contributed by atoms with E-state index in [1.54, 1.807) is 6.07 Å². The molecule has 0 saturated carbocycles. The first-order valence-electron chi connectivity index (χ1n) is 8.77. The van der Waals surface area contributed by atoms with Crippen LogP contribution in [0.25, 0.3) is 0 Å². The van der Waals surface area contributed by atoms with E-state index in [4.69, 9.17) is 51.1 Å². The van der Waals surface area contributed by atoms with Gasteiger partial charge in [-0.3, -0.25) is 24.1 Å². The zero-order valence-electron chi connectivity index (χ0n) is 16.1. The van der Waals surface area contributed by atoms with Gasteiger partial charge in [-0.15, -0.1) is 0 Å². The summed E-state index contributed by atoms with van der Waals surface area (Å²) in [6, 6.07) is 5.51. The zero-order valence-corrected chi connectivity index (χ0v) is 19.2. The van der Waals surface area contributed by atoms with Gasteiger partial charge >= 0.3 is 5.97 Å². The number of nitrogens with zero attached hydrogens (tertiary/aromatic N) is 1. The Morgan fingerprint density at radius 1 is 0.935 bits per heavy atom. The van der Waals surface area contributed by atoms with Crippen LogP contribution in [0.15, 0.2) is 18.2 Å². The molecule has 3 rings (SSSR count). The Morgan fingerprint density at radius 2 is 1.48 bits per heavy atom. The molecule has 0 fully saturated rings. The second-order valence-corrected chi connectivity index (χ2v) is 8.24. The number of esters is 1. The van der Waals surface area contributed by atoms with Gasteiger partial charge in [0.2, 0.25) is 0 Å². The number of fused-ring (bicyclic) bond motifs is 1. The van der Waals surface area contributed by atoms with E-state index in [-0.39, 0.29) is 31.2 Å². The number of hydrogen-bond acceptors (Lipinski definition) is 5. The van der Waals surface area contributed by atoms with Crippen molar-refractivity contribution in [2.24, 2.45) is 0 Å². The lowest BCUT2D eigenvalue weighted by Crippen LogP contribution is -2.36. The Labute approximate surface area is 197 Å². The van der Waals surface area contributed by atoms with Gasteiger partial charge in [-0.05, 0) is 31.0 Å². The van der Waals surface area contributed by atoms with Crippen LogP contribution >= 0.6 is 46.4 Å². The topological polar surface area (TPSA) is 92.8 Å². The minimum absolute atomic E-state index is 0.180. The van der Waals surface area contributed by atoms with Gasteiger partial charge in [0.1, 0.15) is 6.54 Å². The fraction of sp³-hybridized carbons (Fsp3) is 0.200. The Hall–Kier alpha value is -2.32. The molecule has 1 aliphatic heterocycles. The molecule has 162 valence electrons. The van der Waals surface area contributed by atoms with E-state index in [0.717, 1.165) is 11.1 Å². The molecule has 0 unspecified atom stereocenters. The van der Waals surface area contributed by atoms with Crippen molar-refractivity contribution in [3.05, 3.63) is 60.5 Å². The summed E-state index contributed by atoms with van der Waals surface area (Å²) in [7, 11) is 0. The summed E-state index contributed by atoms with van der Waals surface area (Å²) in [5.41, 5.74) is 1.88. The van der Waals surface area contributed by atoms with Gasteiger partial charge in [0.25, 0.3) is 17.7 Å². The lowest BCUT2D eigenvalue weighted by atomic mass is 10.1. The number of amides is 3. The fourth-order valence-corrected chi connectivity index (χ4v) is 3.93. The molecule has 2 aromatic rings. The van der Waals surface area contributed by atoms with Crippen molar-refractivity contribution in [1.29, 1.82) is 0 Å². The van der Waals surface area contributed by atoms with E-state index < -0.39 is 36.8 Å². The van der Waals surface area contributed by atoms with E-state index in [1.165, 1.54) is 0 Å². The van der Waals surface area contributed by atoms with Crippen molar-refractivity contribution in [3.8, 4) is 0 Å². The van der Waals surface area contributed by atoms with Crippen LogP contribution in [0.2, 0.25) is 20.1 Å². The predicted molar refractivity (Wildman–Crippen MR) is 117 cm³/mol. The summed E-state index contributed by atoms with van der Waals surface area (Å²) in [4.78, 5) is 50.0. The van der Waals surface area contributed by atoms with Crippen LogP contribution < -0.4 is 5.32 Å². The van der Waals surface area contributed by atoms with Crippen LogP contribution in [0.4, 0.5) is 5.69 Å². The number of carbonyl (C=O) groups excluding carboxylic acids is 4. The summed E-state index contributed by atoms with van der Waals surface area (Å²) in [6.45, 7) is 2.34. The minimum Gasteiger partial charge on any atom is -0.454 e. The Balaban J connectivity index is 1.66. The van der Waals surface area contributed by atoms with Crippen LogP contribution in [-0.4, -0.2) is 41.7 Å². The average molecular weight is 504 g/mol. The number of halogens is 4. The molecule has 2 aromatic carbocycles. The van der Waals surface area contributed by atoms with Gasteiger partial charge in [-0.25, -0.2) is 0 Å². The number of ether oxygens (including phenoxy) is 1. The number of rotatable bonds is 5. The van der Waals surface area contributed by atoms with Crippen LogP contribution in [0.1, 0.15) is 31.8 Å². The summed E-state index contributed by atoms with van der Waals surface area (Å²) in [5, 5.41) is 1.79. The molecule has 0 radical (unpaired) electrons. The maximum absolute atomic E-state index is 12.6. The monoisotopic (exact) mass is 502 g/mol.